The highest BCUT2D eigenvalue weighted by atomic mass is 32.1. The van der Waals surface area contributed by atoms with Gasteiger partial charge in [0.15, 0.2) is 0 Å². The highest BCUT2D eigenvalue weighted by molar-refractivity contribution is 7.09. The molecule has 0 amide bonds. The molecule has 0 aliphatic rings. The summed E-state index contributed by atoms with van der Waals surface area (Å²) in [6.07, 6.45) is 0.867. The summed E-state index contributed by atoms with van der Waals surface area (Å²) in [6, 6.07) is 0. The molecule has 0 spiro atoms. The third-order valence-corrected chi connectivity index (χ3v) is 3.23. The van der Waals surface area contributed by atoms with E-state index < -0.39 is 0 Å². The number of aryl methyl sites for hydroxylation is 2. The number of nitrogens with one attached hydrogen (secondary N) is 1. The lowest BCUT2D eigenvalue weighted by atomic mass is 10.4. The fourth-order valence-electron chi connectivity index (χ4n) is 1.63. The van der Waals surface area contributed by atoms with Crippen LogP contribution in [0.2, 0.25) is 0 Å². The molecule has 5 nitrogen and oxygen atoms in total. The zero-order valence-corrected chi connectivity index (χ0v) is 11.2. The molecule has 1 N–H and O–H groups in total. The van der Waals surface area contributed by atoms with Crippen LogP contribution in [0.4, 0.5) is 0 Å². The van der Waals surface area contributed by atoms with E-state index in [2.05, 4.69) is 44.4 Å². The minimum Gasteiger partial charge on any atom is -0.293 e. The van der Waals surface area contributed by atoms with E-state index in [4.69, 9.17) is 0 Å². The summed E-state index contributed by atoms with van der Waals surface area (Å²) in [5.41, 5.74) is 1.12. The van der Waals surface area contributed by atoms with Crippen LogP contribution in [0, 0.1) is 6.92 Å². The van der Waals surface area contributed by atoms with E-state index in [9.17, 15) is 0 Å². The van der Waals surface area contributed by atoms with Crippen molar-refractivity contribution in [3.63, 3.8) is 0 Å². The van der Waals surface area contributed by atoms with Crippen molar-refractivity contribution in [3.8, 4) is 0 Å². The molecule has 2 aromatic rings. The Balaban J connectivity index is 1.90. The van der Waals surface area contributed by atoms with Gasteiger partial charge in [0.05, 0.1) is 17.2 Å². The first-order chi connectivity index (χ1) is 8.17. The molecule has 0 unspecified atom stereocenters. The van der Waals surface area contributed by atoms with Crippen LogP contribution in [0.1, 0.15) is 29.3 Å². The quantitative estimate of drug-likeness (QED) is 0.879. The molecule has 2 heterocycles. The van der Waals surface area contributed by atoms with Crippen molar-refractivity contribution < 1.29 is 0 Å². The molecule has 0 aliphatic heterocycles. The van der Waals surface area contributed by atoms with Crippen LogP contribution in [0.25, 0.3) is 0 Å². The second-order valence-electron chi connectivity index (χ2n) is 4.08. The molecule has 2 rings (SSSR count). The van der Waals surface area contributed by atoms with Crippen molar-refractivity contribution >= 4 is 11.3 Å². The summed E-state index contributed by atoms with van der Waals surface area (Å²) >= 11 is 1.69. The third-order valence-electron chi connectivity index (χ3n) is 2.41. The van der Waals surface area contributed by atoms with E-state index in [0.717, 1.165) is 41.9 Å². The van der Waals surface area contributed by atoms with Crippen LogP contribution in [0.3, 0.4) is 0 Å². The maximum atomic E-state index is 4.44. The van der Waals surface area contributed by atoms with E-state index in [1.807, 2.05) is 6.92 Å². The number of aromatic amines is 1. The molecule has 0 fully saturated rings. The summed E-state index contributed by atoms with van der Waals surface area (Å²) in [5.74, 6) is 1.79. The number of rotatable bonds is 5. The zero-order valence-electron chi connectivity index (χ0n) is 10.4. The average molecular weight is 251 g/mol. The van der Waals surface area contributed by atoms with Gasteiger partial charge in [-0.2, -0.15) is 5.10 Å². The molecule has 0 radical (unpaired) electrons. The molecule has 0 atom stereocenters. The Hall–Kier alpha value is -1.27. The Morgan fingerprint density at radius 2 is 2.18 bits per heavy atom. The van der Waals surface area contributed by atoms with Gasteiger partial charge in [0.2, 0.25) is 0 Å². The molecule has 6 heteroatoms. The lowest BCUT2D eigenvalue weighted by molar-refractivity contribution is 0.307. The third kappa shape index (κ3) is 3.34. The Morgan fingerprint density at radius 3 is 2.76 bits per heavy atom. The summed E-state index contributed by atoms with van der Waals surface area (Å²) in [7, 11) is 2.06. The van der Waals surface area contributed by atoms with Gasteiger partial charge in [0.25, 0.3) is 0 Å². The van der Waals surface area contributed by atoms with Gasteiger partial charge in [-0.1, -0.05) is 6.92 Å². The normalized spacial score (nSPS) is 11.3. The Morgan fingerprint density at radius 1 is 1.35 bits per heavy atom. The number of hydrogen-bond donors (Lipinski definition) is 1. The smallest absolute Gasteiger partial charge is 0.150 e. The highest BCUT2D eigenvalue weighted by Gasteiger charge is 2.07. The number of H-pyrrole nitrogens is 1. The zero-order chi connectivity index (χ0) is 12.3. The molecule has 0 aliphatic carbocycles. The van der Waals surface area contributed by atoms with Crippen molar-refractivity contribution in [2.24, 2.45) is 0 Å². The van der Waals surface area contributed by atoms with Crippen LogP contribution in [0.15, 0.2) is 5.38 Å². The van der Waals surface area contributed by atoms with Crippen molar-refractivity contribution in [3.05, 3.63) is 27.7 Å². The number of hydrogen-bond acceptors (Lipinski definition) is 5. The minimum atomic E-state index is 0.767. The molecule has 0 bridgehead atoms. The summed E-state index contributed by atoms with van der Waals surface area (Å²) in [6.45, 7) is 5.68. The lowest BCUT2D eigenvalue weighted by Crippen LogP contribution is -2.18. The van der Waals surface area contributed by atoms with Gasteiger partial charge in [-0.3, -0.25) is 10.00 Å². The first kappa shape index (κ1) is 12.2. The topological polar surface area (TPSA) is 57.7 Å². The molecular weight excluding hydrogens is 234 g/mol. The Kier molecular flexibility index (Phi) is 3.86. The monoisotopic (exact) mass is 251 g/mol. The predicted molar refractivity (Wildman–Crippen MR) is 67.8 cm³/mol. The lowest BCUT2D eigenvalue weighted by Gasteiger charge is -2.12. The molecule has 0 saturated carbocycles. The van der Waals surface area contributed by atoms with Gasteiger partial charge in [-0.15, -0.1) is 11.3 Å². The summed E-state index contributed by atoms with van der Waals surface area (Å²) < 4.78 is 0. The summed E-state index contributed by atoms with van der Waals surface area (Å²) in [4.78, 5) is 11.0. The fraction of sp³-hybridized carbons (Fsp3) is 0.545. The van der Waals surface area contributed by atoms with Crippen molar-refractivity contribution in [1.82, 2.24) is 25.1 Å². The first-order valence-corrected chi connectivity index (χ1v) is 6.55. The SMILES string of the molecule is CCc1n[nH]c(CN(C)Cc2csc(C)n2)n1. The number of aromatic nitrogens is 4. The first-order valence-electron chi connectivity index (χ1n) is 5.67. The van der Waals surface area contributed by atoms with E-state index in [1.165, 1.54) is 0 Å². The molecule has 17 heavy (non-hydrogen) atoms. The summed E-state index contributed by atoms with van der Waals surface area (Å²) in [5, 5.41) is 10.3. The predicted octanol–water partition coefficient (Wildman–Crippen LogP) is 1.76. The van der Waals surface area contributed by atoms with Gasteiger partial charge in [0.1, 0.15) is 11.6 Å². The van der Waals surface area contributed by atoms with Crippen LogP contribution in [0.5, 0.6) is 0 Å². The minimum absolute atomic E-state index is 0.767. The van der Waals surface area contributed by atoms with Crippen molar-refractivity contribution in [2.75, 3.05) is 7.05 Å². The van der Waals surface area contributed by atoms with Gasteiger partial charge in [0, 0.05) is 18.3 Å². The van der Waals surface area contributed by atoms with Crippen molar-refractivity contribution in [2.45, 2.75) is 33.4 Å². The van der Waals surface area contributed by atoms with E-state index in [-0.39, 0.29) is 0 Å². The molecule has 0 aromatic carbocycles. The maximum absolute atomic E-state index is 4.44. The largest absolute Gasteiger partial charge is 0.293 e. The Labute approximate surface area is 105 Å². The fourth-order valence-corrected chi connectivity index (χ4v) is 2.24. The maximum Gasteiger partial charge on any atom is 0.150 e. The molecule has 2 aromatic heterocycles. The van der Waals surface area contributed by atoms with Crippen molar-refractivity contribution in [1.29, 1.82) is 0 Å². The molecule has 0 saturated heterocycles. The van der Waals surface area contributed by atoms with Gasteiger partial charge >= 0.3 is 0 Å². The van der Waals surface area contributed by atoms with Crippen LogP contribution in [-0.4, -0.2) is 32.1 Å². The second kappa shape index (κ2) is 5.37. The number of thiazole rings is 1. The van der Waals surface area contributed by atoms with E-state index in [0.29, 0.717) is 0 Å². The van der Waals surface area contributed by atoms with E-state index >= 15 is 0 Å². The molecule has 92 valence electrons. The molecular formula is C11H17N5S. The highest BCUT2D eigenvalue weighted by Crippen LogP contribution is 2.10. The van der Waals surface area contributed by atoms with Gasteiger partial charge in [-0.05, 0) is 14.0 Å². The van der Waals surface area contributed by atoms with E-state index in [1.54, 1.807) is 11.3 Å². The Bertz CT molecular complexity index is 476. The second-order valence-corrected chi connectivity index (χ2v) is 5.14. The van der Waals surface area contributed by atoms with Crippen LogP contribution in [-0.2, 0) is 19.5 Å². The van der Waals surface area contributed by atoms with Crippen LogP contribution < -0.4 is 0 Å². The standard InChI is InChI=1S/C11H17N5S/c1-4-10-13-11(15-14-10)6-16(3)5-9-7-17-8(2)12-9/h7H,4-6H2,1-3H3,(H,13,14,15). The van der Waals surface area contributed by atoms with Crippen LogP contribution >= 0.6 is 11.3 Å². The van der Waals surface area contributed by atoms with Gasteiger partial charge < -0.3 is 0 Å². The number of nitrogens with zero attached hydrogens (tertiary/aromatic N) is 4. The average Bonchev–Trinajstić information content (AvgIpc) is 2.88. The van der Waals surface area contributed by atoms with Gasteiger partial charge in [-0.25, -0.2) is 9.97 Å².